The minimum atomic E-state index is -0.336. The summed E-state index contributed by atoms with van der Waals surface area (Å²) in [5, 5.41) is 20.8. The van der Waals surface area contributed by atoms with Gasteiger partial charge >= 0.3 is 0 Å². The molecule has 1 atom stereocenters. The van der Waals surface area contributed by atoms with Gasteiger partial charge in [-0.1, -0.05) is 47.4 Å². The maximum Gasteiger partial charge on any atom is 0.239 e. The van der Waals surface area contributed by atoms with E-state index in [4.69, 9.17) is 0 Å². The van der Waals surface area contributed by atoms with Gasteiger partial charge in [-0.2, -0.15) is 0 Å². The summed E-state index contributed by atoms with van der Waals surface area (Å²) in [5.41, 5.74) is 2.16. The SMILES string of the molecule is Cc1nnc(NC(=O)[C@@H](C)Sc2nnc(-c3ccccc3C)n2C)s1. The molecular formula is C16H18N6OS2. The number of nitrogens with zero attached hydrogens (tertiary/aromatic N) is 5. The van der Waals surface area contributed by atoms with E-state index < -0.39 is 0 Å². The number of benzene rings is 1. The van der Waals surface area contributed by atoms with Gasteiger partial charge < -0.3 is 4.57 Å². The van der Waals surface area contributed by atoms with Gasteiger partial charge in [0.15, 0.2) is 11.0 Å². The Kier molecular flexibility index (Phi) is 5.14. The summed E-state index contributed by atoms with van der Waals surface area (Å²) in [6, 6.07) is 8.02. The second-order valence-electron chi connectivity index (χ2n) is 5.56. The molecule has 0 radical (unpaired) electrons. The molecule has 0 aliphatic rings. The van der Waals surface area contributed by atoms with Crippen molar-refractivity contribution in [3.8, 4) is 11.4 Å². The predicted octanol–water partition coefficient (Wildman–Crippen LogP) is 3.07. The van der Waals surface area contributed by atoms with Crippen molar-refractivity contribution in [1.82, 2.24) is 25.0 Å². The molecule has 1 N–H and O–H groups in total. The van der Waals surface area contributed by atoms with Crippen LogP contribution in [0.2, 0.25) is 0 Å². The van der Waals surface area contributed by atoms with E-state index in [0.29, 0.717) is 10.3 Å². The number of hydrogen-bond acceptors (Lipinski definition) is 7. The van der Waals surface area contributed by atoms with E-state index in [0.717, 1.165) is 22.0 Å². The zero-order valence-corrected chi connectivity index (χ0v) is 16.0. The summed E-state index contributed by atoms with van der Waals surface area (Å²) in [5.74, 6) is 0.648. The number of anilines is 1. The lowest BCUT2D eigenvalue weighted by Gasteiger charge is -2.10. The van der Waals surface area contributed by atoms with Crippen LogP contribution in [-0.2, 0) is 11.8 Å². The average molecular weight is 374 g/mol. The molecule has 2 aromatic heterocycles. The number of aryl methyl sites for hydroxylation is 2. The van der Waals surface area contributed by atoms with Crippen LogP contribution in [0.1, 0.15) is 17.5 Å². The van der Waals surface area contributed by atoms with Gasteiger partial charge in [0.25, 0.3) is 0 Å². The lowest BCUT2D eigenvalue weighted by molar-refractivity contribution is -0.115. The predicted molar refractivity (Wildman–Crippen MR) is 99.8 cm³/mol. The Morgan fingerprint density at radius 2 is 1.96 bits per heavy atom. The monoisotopic (exact) mass is 374 g/mol. The Bertz CT molecular complexity index is 904. The fourth-order valence-corrected chi connectivity index (χ4v) is 3.65. The number of thioether (sulfide) groups is 1. The molecule has 0 saturated heterocycles. The van der Waals surface area contributed by atoms with Gasteiger partial charge in [0.05, 0.1) is 5.25 Å². The number of aromatic nitrogens is 5. The lowest BCUT2D eigenvalue weighted by Crippen LogP contribution is -2.22. The summed E-state index contributed by atoms with van der Waals surface area (Å²) >= 11 is 2.71. The maximum atomic E-state index is 12.3. The van der Waals surface area contributed by atoms with Crippen molar-refractivity contribution in [1.29, 1.82) is 0 Å². The maximum absolute atomic E-state index is 12.3. The number of nitrogens with one attached hydrogen (secondary N) is 1. The zero-order valence-electron chi connectivity index (χ0n) is 14.3. The molecule has 0 bridgehead atoms. The molecule has 2 heterocycles. The van der Waals surface area contributed by atoms with Crippen LogP contribution in [0.5, 0.6) is 0 Å². The summed E-state index contributed by atoms with van der Waals surface area (Å²) < 4.78 is 1.91. The number of amides is 1. The molecule has 25 heavy (non-hydrogen) atoms. The first-order valence-corrected chi connectivity index (χ1v) is 9.38. The van der Waals surface area contributed by atoms with Crippen LogP contribution in [0.15, 0.2) is 29.4 Å². The fourth-order valence-electron chi connectivity index (χ4n) is 2.24. The molecule has 0 saturated carbocycles. The third kappa shape index (κ3) is 3.88. The smallest absolute Gasteiger partial charge is 0.239 e. The highest BCUT2D eigenvalue weighted by molar-refractivity contribution is 8.00. The Labute approximate surface area is 153 Å². The van der Waals surface area contributed by atoms with E-state index in [1.165, 1.54) is 23.1 Å². The van der Waals surface area contributed by atoms with Crippen LogP contribution < -0.4 is 5.32 Å². The summed E-state index contributed by atoms with van der Waals surface area (Å²) in [4.78, 5) is 12.3. The first-order chi connectivity index (χ1) is 12.0. The molecule has 0 aliphatic heterocycles. The average Bonchev–Trinajstić information content (AvgIpc) is 3.14. The Morgan fingerprint density at radius 1 is 1.20 bits per heavy atom. The van der Waals surface area contributed by atoms with E-state index in [9.17, 15) is 4.79 Å². The van der Waals surface area contributed by atoms with Crippen LogP contribution in [0.3, 0.4) is 0 Å². The topological polar surface area (TPSA) is 85.6 Å². The molecular weight excluding hydrogens is 356 g/mol. The fraction of sp³-hybridized carbons (Fsp3) is 0.312. The standard InChI is InChI=1S/C16H18N6OS2/c1-9-7-5-6-8-12(9)13-19-21-16(22(13)4)24-10(2)14(23)17-15-20-18-11(3)25-15/h5-8,10H,1-4H3,(H,17,20,23)/t10-/m1/s1. The highest BCUT2D eigenvalue weighted by Crippen LogP contribution is 2.27. The van der Waals surface area contributed by atoms with Crippen molar-refractivity contribution in [3.63, 3.8) is 0 Å². The molecule has 3 rings (SSSR count). The minimum Gasteiger partial charge on any atom is -0.305 e. The van der Waals surface area contributed by atoms with Crippen LogP contribution in [0, 0.1) is 13.8 Å². The Hall–Kier alpha value is -2.26. The Balaban J connectivity index is 1.73. The van der Waals surface area contributed by atoms with Gasteiger partial charge in [0.2, 0.25) is 11.0 Å². The molecule has 9 heteroatoms. The van der Waals surface area contributed by atoms with Gasteiger partial charge in [-0.3, -0.25) is 10.1 Å². The molecule has 7 nitrogen and oxygen atoms in total. The molecule has 0 spiro atoms. The second kappa shape index (κ2) is 7.32. The van der Waals surface area contributed by atoms with Crippen molar-refractivity contribution < 1.29 is 4.79 Å². The van der Waals surface area contributed by atoms with Crippen molar-refractivity contribution >= 4 is 34.1 Å². The van der Waals surface area contributed by atoms with Crippen molar-refractivity contribution in [3.05, 3.63) is 34.8 Å². The molecule has 0 unspecified atom stereocenters. The van der Waals surface area contributed by atoms with Crippen molar-refractivity contribution in [2.45, 2.75) is 31.2 Å². The van der Waals surface area contributed by atoms with Gasteiger partial charge in [0, 0.05) is 12.6 Å². The van der Waals surface area contributed by atoms with Gasteiger partial charge in [0.1, 0.15) is 5.01 Å². The third-order valence-electron chi connectivity index (χ3n) is 3.63. The number of carbonyl (C=O) groups is 1. The quantitative estimate of drug-likeness (QED) is 0.691. The minimum absolute atomic E-state index is 0.137. The van der Waals surface area contributed by atoms with Crippen LogP contribution in [-0.4, -0.2) is 36.1 Å². The number of carbonyl (C=O) groups excluding carboxylic acids is 1. The highest BCUT2D eigenvalue weighted by Gasteiger charge is 2.20. The summed E-state index contributed by atoms with van der Waals surface area (Å²) in [6.07, 6.45) is 0. The molecule has 130 valence electrons. The van der Waals surface area contributed by atoms with Crippen molar-refractivity contribution in [2.75, 3.05) is 5.32 Å². The van der Waals surface area contributed by atoms with E-state index >= 15 is 0 Å². The molecule has 1 amide bonds. The first-order valence-electron chi connectivity index (χ1n) is 7.68. The number of rotatable bonds is 5. The van der Waals surface area contributed by atoms with Crippen molar-refractivity contribution in [2.24, 2.45) is 7.05 Å². The van der Waals surface area contributed by atoms with Crippen LogP contribution >= 0.6 is 23.1 Å². The lowest BCUT2D eigenvalue weighted by atomic mass is 10.1. The molecule has 0 aliphatic carbocycles. The number of hydrogen-bond donors (Lipinski definition) is 1. The third-order valence-corrected chi connectivity index (χ3v) is 5.52. The summed E-state index contributed by atoms with van der Waals surface area (Å²) in [7, 11) is 1.91. The van der Waals surface area contributed by atoms with Gasteiger partial charge in [-0.05, 0) is 26.3 Å². The molecule has 0 fully saturated rings. The van der Waals surface area contributed by atoms with E-state index in [2.05, 4.69) is 25.7 Å². The van der Waals surface area contributed by atoms with E-state index in [1.54, 1.807) is 0 Å². The highest BCUT2D eigenvalue weighted by atomic mass is 32.2. The zero-order chi connectivity index (χ0) is 18.0. The molecule has 3 aromatic rings. The second-order valence-corrected chi connectivity index (χ2v) is 8.05. The largest absolute Gasteiger partial charge is 0.305 e. The van der Waals surface area contributed by atoms with E-state index in [-0.39, 0.29) is 11.2 Å². The molecule has 1 aromatic carbocycles. The van der Waals surface area contributed by atoms with Gasteiger partial charge in [-0.25, -0.2) is 0 Å². The van der Waals surface area contributed by atoms with Crippen LogP contribution in [0.4, 0.5) is 5.13 Å². The van der Waals surface area contributed by atoms with Crippen LogP contribution in [0.25, 0.3) is 11.4 Å². The Morgan fingerprint density at radius 3 is 2.64 bits per heavy atom. The summed E-state index contributed by atoms with van der Waals surface area (Å²) in [6.45, 7) is 5.71. The normalized spacial score (nSPS) is 12.2. The first kappa shape index (κ1) is 17.6. The van der Waals surface area contributed by atoms with E-state index in [1.807, 2.05) is 56.7 Å². The van der Waals surface area contributed by atoms with Gasteiger partial charge in [-0.15, -0.1) is 20.4 Å².